The number of rotatable bonds is 8. The first-order chi connectivity index (χ1) is 17.2. The zero-order chi connectivity index (χ0) is 25.9. The van der Waals surface area contributed by atoms with Gasteiger partial charge in [-0.25, -0.2) is 4.98 Å². The van der Waals surface area contributed by atoms with Crippen molar-refractivity contribution in [2.75, 3.05) is 32.1 Å². The molecular formula is C26H33N5O5. The number of hydrogen-bond donors (Lipinski definition) is 3. The second-order valence-corrected chi connectivity index (χ2v) is 9.69. The van der Waals surface area contributed by atoms with E-state index in [0.29, 0.717) is 42.2 Å². The number of anilines is 1. The van der Waals surface area contributed by atoms with E-state index in [1.165, 1.54) is 7.11 Å². The van der Waals surface area contributed by atoms with Crippen LogP contribution in [0.4, 0.5) is 5.69 Å². The van der Waals surface area contributed by atoms with Crippen molar-refractivity contribution in [1.29, 1.82) is 0 Å². The Bertz CT molecular complexity index is 1240. The summed E-state index contributed by atoms with van der Waals surface area (Å²) in [5.74, 6) is 0.200. The first kappa shape index (κ1) is 25.6. The van der Waals surface area contributed by atoms with Crippen molar-refractivity contribution in [3.8, 4) is 5.75 Å². The zero-order valence-electron chi connectivity index (χ0n) is 20.9. The number of carbonyl (C=O) groups excluding carboxylic acids is 2. The van der Waals surface area contributed by atoms with Crippen LogP contribution in [0, 0.1) is 5.92 Å². The van der Waals surface area contributed by atoms with E-state index in [-0.39, 0.29) is 30.7 Å². The number of nitrogens with one attached hydrogen (secondary N) is 1. The Hall–Kier alpha value is -3.50. The van der Waals surface area contributed by atoms with E-state index < -0.39 is 11.5 Å². The van der Waals surface area contributed by atoms with Crippen LogP contribution in [0.15, 0.2) is 36.5 Å². The summed E-state index contributed by atoms with van der Waals surface area (Å²) in [5.41, 5.74) is 1.23. The molecule has 1 fully saturated rings. The highest BCUT2D eigenvalue weighted by atomic mass is 16.5. The summed E-state index contributed by atoms with van der Waals surface area (Å²) in [6.45, 7) is 4.93. The highest BCUT2D eigenvalue weighted by Gasteiger charge is 2.32. The summed E-state index contributed by atoms with van der Waals surface area (Å²) < 4.78 is 7.06. The lowest BCUT2D eigenvalue weighted by atomic mass is 9.83. The molecule has 36 heavy (non-hydrogen) atoms. The topological polar surface area (TPSA) is 130 Å². The van der Waals surface area contributed by atoms with E-state index in [2.05, 4.69) is 15.4 Å². The molecule has 0 spiro atoms. The van der Waals surface area contributed by atoms with Crippen LogP contribution in [0.2, 0.25) is 0 Å². The SMILES string of the molecule is COc1cc2nn(CC(=O)N3CCC(C(C)(C)O)CC3)cc2cc1NC(=O)c1cccc(CCO)n1. The van der Waals surface area contributed by atoms with Crippen LogP contribution in [0.5, 0.6) is 5.75 Å². The molecule has 4 rings (SSSR count). The van der Waals surface area contributed by atoms with Crippen LogP contribution in [0.25, 0.3) is 10.9 Å². The van der Waals surface area contributed by atoms with Gasteiger partial charge in [-0.05, 0) is 50.8 Å². The minimum atomic E-state index is -0.737. The van der Waals surface area contributed by atoms with Crippen molar-refractivity contribution in [1.82, 2.24) is 19.7 Å². The molecule has 192 valence electrons. The van der Waals surface area contributed by atoms with Gasteiger partial charge in [0.15, 0.2) is 0 Å². The number of aliphatic hydroxyl groups excluding tert-OH is 1. The Balaban J connectivity index is 1.47. The molecule has 0 radical (unpaired) electrons. The average molecular weight is 496 g/mol. The molecular weight excluding hydrogens is 462 g/mol. The van der Waals surface area contributed by atoms with Crippen LogP contribution >= 0.6 is 0 Å². The second kappa shape index (κ2) is 10.6. The number of likely N-dealkylation sites (tertiary alicyclic amines) is 1. The van der Waals surface area contributed by atoms with Crippen molar-refractivity contribution in [3.63, 3.8) is 0 Å². The minimum absolute atomic E-state index is 0.0219. The Labute approximate surface area is 209 Å². The number of fused-ring (bicyclic) bond motifs is 1. The van der Waals surface area contributed by atoms with Gasteiger partial charge in [-0.3, -0.25) is 14.3 Å². The number of piperidine rings is 1. The van der Waals surface area contributed by atoms with Crippen molar-refractivity contribution in [2.45, 2.75) is 45.3 Å². The third-order valence-corrected chi connectivity index (χ3v) is 6.67. The highest BCUT2D eigenvalue weighted by Crippen LogP contribution is 2.31. The number of pyridine rings is 1. The molecule has 3 aromatic rings. The summed E-state index contributed by atoms with van der Waals surface area (Å²) in [4.78, 5) is 31.8. The molecule has 1 aliphatic rings. The van der Waals surface area contributed by atoms with Crippen LogP contribution < -0.4 is 10.1 Å². The quantitative estimate of drug-likeness (QED) is 0.437. The monoisotopic (exact) mass is 495 g/mol. The van der Waals surface area contributed by atoms with Crippen molar-refractivity contribution in [3.05, 3.63) is 47.9 Å². The summed E-state index contributed by atoms with van der Waals surface area (Å²) in [6.07, 6.45) is 3.68. The van der Waals surface area contributed by atoms with Crippen LogP contribution in [-0.2, 0) is 17.8 Å². The van der Waals surface area contributed by atoms with Crippen molar-refractivity contribution < 1.29 is 24.5 Å². The maximum Gasteiger partial charge on any atom is 0.274 e. The van der Waals surface area contributed by atoms with Gasteiger partial charge in [0.05, 0.1) is 23.9 Å². The van der Waals surface area contributed by atoms with Crippen LogP contribution in [-0.4, -0.2) is 74.1 Å². The van der Waals surface area contributed by atoms with Crippen LogP contribution in [0.1, 0.15) is 42.9 Å². The molecule has 0 bridgehead atoms. The number of aliphatic hydroxyl groups is 2. The predicted octanol–water partition coefficient (Wildman–Crippen LogP) is 2.24. The Morgan fingerprint density at radius 2 is 1.97 bits per heavy atom. The lowest BCUT2D eigenvalue weighted by Crippen LogP contribution is -2.45. The molecule has 3 N–H and O–H groups in total. The van der Waals surface area contributed by atoms with Gasteiger partial charge in [-0.15, -0.1) is 0 Å². The van der Waals surface area contributed by atoms with Gasteiger partial charge >= 0.3 is 0 Å². The van der Waals surface area contributed by atoms with E-state index in [4.69, 9.17) is 9.84 Å². The molecule has 1 saturated heterocycles. The smallest absolute Gasteiger partial charge is 0.274 e. The average Bonchev–Trinajstić information content (AvgIpc) is 3.24. The molecule has 2 amide bonds. The number of methoxy groups -OCH3 is 1. The maximum atomic E-state index is 12.9. The third kappa shape index (κ3) is 5.83. The highest BCUT2D eigenvalue weighted by molar-refractivity contribution is 6.05. The van der Waals surface area contributed by atoms with Gasteiger partial charge in [-0.1, -0.05) is 6.07 Å². The Kier molecular flexibility index (Phi) is 7.56. The summed E-state index contributed by atoms with van der Waals surface area (Å²) in [7, 11) is 1.51. The first-order valence-electron chi connectivity index (χ1n) is 12.1. The number of amides is 2. The number of nitrogens with zero attached hydrogens (tertiary/aromatic N) is 4. The molecule has 1 aromatic carbocycles. The lowest BCUT2D eigenvalue weighted by Gasteiger charge is -2.37. The molecule has 0 aliphatic carbocycles. The Morgan fingerprint density at radius 3 is 2.64 bits per heavy atom. The number of benzene rings is 1. The largest absolute Gasteiger partial charge is 0.494 e. The zero-order valence-corrected chi connectivity index (χ0v) is 20.9. The Morgan fingerprint density at radius 1 is 1.22 bits per heavy atom. The standard InChI is InChI=1S/C26H33N5O5/c1-26(2,35)18-7-10-30(11-8-18)24(33)16-31-15-17-13-22(23(36-3)14-21(17)29-31)28-25(34)20-6-4-5-19(27-20)9-12-32/h4-6,13-15,18,32,35H,7-12,16H2,1-3H3,(H,28,34). The fraction of sp³-hybridized carbons (Fsp3) is 0.462. The number of ether oxygens (including phenoxy) is 1. The molecule has 10 heteroatoms. The van der Waals surface area contributed by atoms with Crippen LogP contribution in [0.3, 0.4) is 0 Å². The molecule has 2 aromatic heterocycles. The fourth-order valence-electron chi connectivity index (χ4n) is 4.57. The normalized spacial score (nSPS) is 14.8. The summed E-state index contributed by atoms with van der Waals surface area (Å²) in [6, 6.07) is 8.56. The number of carbonyl (C=O) groups is 2. The van der Waals surface area contributed by atoms with Gasteiger partial charge in [0.1, 0.15) is 18.0 Å². The van der Waals surface area contributed by atoms with E-state index >= 15 is 0 Å². The van der Waals surface area contributed by atoms with Crippen molar-refractivity contribution in [2.24, 2.45) is 5.92 Å². The molecule has 0 atom stereocenters. The molecule has 3 heterocycles. The summed E-state index contributed by atoms with van der Waals surface area (Å²) >= 11 is 0. The van der Waals surface area contributed by atoms with E-state index in [1.807, 2.05) is 18.7 Å². The first-order valence-corrected chi connectivity index (χ1v) is 12.1. The molecule has 10 nitrogen and oxygen atoms in total. The van der Waals surface area contributed by atoms with Gasteiger partial charge in [-0.2, -0.15) is 5.10 Å². The third-order valence-electron chi connectivity index (χ3n) is 6.67. The predicted molar refractivity (Wildman–Crippen MR) is 135 cm³/mol. The van der Waals surface area contributed by atoms with E-state index in [9.17, 15) is 14.7 Å². The van der Waals surface area contributed by atoms with Gasteiger partial charge in [0.2, 0.25) is 5.91 Å². The van der Waals surface area contributed by atoms with Gasteiger partial charge in [0, 0.05) is 49.5 Å². The maximum absolute atomic E-state index is 12.9. The van der Waals surface area contributed by atoms with E-state index in [0.717, 1.165) is 18.2 Å². The molecule has 1 aliphatic heterocycles. The second-order valence-electron chi connectivity index (χ2n) is 9.69. The molecule has 0 unspecified atom stereocenters. The minimum Gasteiger partial charge on any atom is -0.494 e. The van der Waals surface area contributed by atoms with Crippen molar-refractivity contribution >= 4 is 28.4 Å². The molecule has 0 saturated carbocycles. The lowest BCUT2D eigenvalue weighted by molar-refractivity contribution is -0.134. The fourth-order valence-corrected chi connectivity index (χ4v) is 4.57. The summed E-state index contributed by atoms with van der Waals surface area (Å²) in [5, 5.41) is 27.5. The van der Waals surface area contributed by atoms with E-state index in [1.54, 1.807) is 41.2 Å². The number of aromatic nitrogens is 3. The number of hydrogen-bond acceptors (Lipinski definition) is 7. The van der Waals surface area contributed by atoms with Gasteiger partial charge < -0.3 is 25.2 Å². The van der Waals surface area contributed by atoms with Gasteiger partial charge in [0.25, 0.3) is 5.91 Å².